The highest BCUT2D eigenvalue weighted by molar-refractivity contribution is 7.71. The number of aryl methyl sites for hydroxylation is 1. The van der Waals surface area contributed by atoms with Crippen LogP contribution in [0.15, 0.2) is 12.1 Å². The summed E-state index contributed by atoms with van der Waals surface area (Å²) in [6, 6.07) is 1.96. The van der Waals surface area contributed by atoms with Crippen LogP contribution < -0.4 is 0 Å². The van der Waals surface area contributed by atoms with E-state index in [1.807, 2.05) is 6.07 Å². The maximum atomic E-state index is 5.13. The Kier molecular flexibility index (Phi) is 2.77. The second-order valence-electron chi connectivity index (χ2n) is 3.55. The quantitative estimate of drug-likeness (QED) is 0.752. The van der Waals surface area contributed by atoms with Gasteiger partial charge in [-0.05, 0) is 30.9 Å². The second kappa shape index (κ2) is 4.05. The minimum absolute atomic E-state index is 0.698. The van der Waals surface area contributed by atoms with Gasteiger partial charge in [0, 0.05) is 12.1 Å². The molecular formula is C11H14N2S. The molecule has 3 heteroatoms. The van der Waals surface area contributed by atoms with Gasteiger partial charge in [0.1, 0.15) is 10.5 Å². The van der Waals surface area contributed by atoms with Crippen molar-refractivity contribution >= 4 is 17.8 Å². The third-order valence-corrected chi connectivity index (χ3v) is 2.72. The predicted octanol–water partition coefficient (Wildman–Crippen LogP) is 3.27. The maximum absolute atomic E-state index is 5.13. The molecule has 1 aromatic rings. The van der Waals surface area contributed by atoms with E-state index in [0.717, 1.165) is 12.2 Å². The molecule has 0 unspecified atom stereocenters. The smallest absolute Gasteiger partial charge is 0.130 e. The van der Waals surface area contributed by atoms with Gasteiger partial charge in [-0.1, -0.05) is 25.2 Å². The van der Waals surface area contributed by atoms with Gasteiger partial charge in [-0.25, -0.2) is 4.98 Å². The Morgan fingerprint density at radius 2 is 2.43 bits per heavy atom. The van der Waals surface area contributed by atoms with Gasteiger partial charge in [-0.15, -0.1) is 0 Å². The lowest BCUT2D eigenvalue weighted by atomic mass is 10.1. The fraction of sp³-hybridized carbons (Fsp3) is 0.455. The van der Waals surface area contributed by atoms with Crippen molar-refractivity contribution in [1.29, 1.82) is 0 Å². The second-order valence-corrected chi connectivity index (χ2v) is 3.97. The van der Waals surface area contributed by atoms with Crippen LogP contribution >= 0.6 is 12.2 Å². The summed E-state index contributed by atoms with van der Waals surface area (Å²) in [6.45, 7) is 2.08. The van der Waals surface area contributed by atoms with E-state index in [9.17, 15) is 0 Å². The molecule has 0 aliphatic heterocycles. The van der Waals surface area contributed by atoms with Crippen LogP contribution in [0.4, 0.5) is 0 Å². The van der Waals surface area contributed by atoms with Crippen LogP contribution in [-0.2, 0) is 6.42 Å². The van der Waals surface area contributed by atoms with Gasteiger partial charge in [-0.2, -0.15) is 0 Å². The molecule has 1 aliphatic rings. The van der Waals surface area contributed by atoms with E-state index in [0.29, 0.717) is 4.64 Å². The van der Waals surface area contributed by atoms with Gasteiger partial charge in [-0.3, -0.25) is 0 Å². The Hall–Kier alpha value is -0.960. The molecule has 0 saturated carbocycles. The molecule has 14 heavy (non-hydrogen) atoms. The number of nitrogens with zero attached hydrogens (tertiary/aromatic N) is 1. The van der Waals surface area contributed by atoms with E-state index in [2.05, 4.69) is 23.0 Å². The van der Waals surface area contributed by atoms with Gasteiger partial charge in [0.05, 0.1) is 0 Å². The highest BCUT2D eigenvalue weighted by Crippen LogP contribution is 2.26. The van der Waals surface area contributed by atoms with Crippen LogP contribution in [0.1, 0.15) is 37.7 Å². The summed E-state index contributed by atoms with van der Waals surface area (Å²) < 4.78 is 0.698. The van der Waals surface area contributed by atoms with Crippen LogP contribution in [0.2, 0.25) is 0 Å². The van der Waals surface area contributed by atoms with Gasteiger partial charge in [0.15, 0.2) is 0 Å². The number of hydrogen-bond donors (Lipinski definition) is 1. The summed E-state index contributed by atoms with van der Waals surface area (Å²) in [5, 5.41) is 0. The summed E-state index contributed by atoms with van der Waals surface area (Å²) in [4.78, 5) is 7.59. The van der Waals surface area contributed by atoms with E-state index in [4.69, 9.17) is 12.2 Å². The zero-order valence-electron chi connectivity index (χ0n) is 8.34. The highest BCUT2D eigenvalue weighted by Gasteiger charge is 2.08. The first kappa shape index (κ1) is 9.59. The lowest BCUT2D eigenvalue weighted by Gasteiger charge is -2.04. The number of rotatable bonds is 2. The summed E-state index contributed by atoms with van der Waals surface area (Å²) >= 11 is 5.13. The fourth-order valence-electron chi connectivity index (χ4n) is 1.76. The van der Waals surface area contributed by atoms with Crippen molar-refractivity contribution in [3.63, 3.8) is 0 Å². The third-order valence-electron chi connectivity index (χ3n) is 2.51. The van der Waals surface area contributed by atoms with Crippen LogP contribution in [-0.4, -0.2) is 9.97 Å². The van der Waals surface area contributed by atoms with Crippen molar-refractivity contribution in [1.82, 2.24) is 9.97 Å². The first-order valence-corrected chi connectivity index (χ1v) is 5.50. The van der Waals surface area contributed by atoms with Crippen LogP contribution in [0.3, 0.4) is 0 Å². The first-order chi connectivity index (χ1) is 6.79. The van der Waals surface area contributed by atoms with E-state index in [-0.39, 0.29) is 0 Å². The predicted molar refractivity (Wildman–Crippen MR) is 60.6 cm³/mol. The van der Waals surface area contributed by atoms with Gasteiger partial charge in [0.25, 0.3) is 0 Å². The van der Waals surface area contributed by atoms with Crippen LogP contribution in [0.25, 0.3) is 5.57 Å². The molecule has 2 rings (SSSR count). The average Bonchev–Trinajstić information content (AvgIpc) is 2.69. The summed E-state index contributed by atoms with van der Waals surface area (Å²) in [6.07, 6.45) is 6.82. The van der Waals surface area contributed by atoms with Crippen molar-refractivity contribution in [2.45, 2.75) is 32.6 Å². The number of nitrogens with one attached hydrogen (secondary N) is 1. The zero-order chi connectivity index (χ0) is 9.97. The number of hydrogen-bond acceptors (Lipinski definition) is 2. The third kappa shape index (κ3) is 1.93. The molecule has 1 N–H and O–H groups in total. The summed E-state index contributed by atoms with van der Waals surface area (Å²) in [5.41, 5.74) is 2.56. The topological polar surface area (TPSA) is 28.7 Å². The summed E-state index contributed by atoms with van der Waals surface area (Å²) in [5.74, 6) is 0.986. The molecule has 0 fully saturated rings. The van der Waals surface area contributed by atoms with Crippen molar-refractivity contribution in [3.8, 4) is 0 Å². The van der Waals surface area contributed by atoms with Gasteiger partial charge < -0.3 is 4.98 Å². The lowest BCUT2D eigenvalue weighted by Crippen LogP contribution is -1.97. The van der Waals surface area contributed by atoms with Crippen molar-refractivity contribution in [3.05, 3.63) is 28.3 Å². The zero-order valence-corrected chi connectivity index (χ0v) is 9.16. The lowest BCUT2D eigenvalue weighted by molar-refractivity contribution is 0.907. The summed E-state index contributed by atoms with van der Waals surface area (Å²) in [7, 11) is 0. The minimum atomic E-state index is 0.698. The number of aromatic nitrogens is 2. The number of allylic oxidation sites excluding steroid dienone is 2. The number of aromatic amines is 1. The average molecular weight is 206 g/mol. The molecule has 74 valence electrons. The highest BCUT2D eigenvalue weighted by atomic mass is 32.1. The molecule has 2 nitrogen and oxygen atoms in total. The van der Waals surface area contributed by atoms with Gasteiger partial charge >= 0.3 is 0 Å². The molecule has 0 amide bonds. The molecule has 1 aliphatic carbocycles. The standard InChI is InChI=1S/C11H14N2S/c1-2-10-12-9(7-11(14)13-10)8-5-3-4-6-8/h5,7H,2-4,6H2,1H3,(H,12,13,14). The normalized spacial score (nSPS) is 15.6. The Morgan fingerprint density at radius 1 is 1.57 bits per heavy atom. The first-order valence-electron chi connectivity index (χ1n) is 5.09. The van der Waals surface area contributed by atoms with Crippen LogP contribution in [0.5, 0.6) is 0 Å². The maximum Gasteiger partial charge on any atom is 0.130 e. The Labute approximate surface area is 89.1 Å². The van der Waals surface area contributed by atoms with Crippen molar-refractivity contribution in [2.24, 2.45) is 0 Å². The van der Waals surface area contributed by atoms with Gasteiger partial charge in [0.2, 0.25) is 0 Å². The SMILES string of the molecule is CCc1nc(=S)cc(C2=CCCC2)[nH]1. The molecule has 0 radical (unpaired) electrons. The number of H-pyrrole nitrogens is 1. The van der Waals surface area contributed by atoms with E-state index >= 15 is 0 Å². The molecule has 0 spiro atoms. The monoisotopic (exact) mass is 206 g/mol. The Morgan fingerprint density at radius 3 is 3.07 bits per heavy atom. The molecular weight excluding hydrogens is 192 g/mol. The largest absolute Gasteiger partial charge is 0.343 e. The Bertz CT molecular complexity index is 418. The minimum Gasteiger partial charge on any atom is -0.343 e. The molecule has 1 aromatic heterocycles. The molecule has 0 bridgehead atoms. The van der Waals surface area contributed by atoms with E-state index < -0.39 is 0 Å². The van der Waals surface area contributed by atoms with E-state index in [1.54, 1.807) is 0 Å². The molecule has 0 aromatic carbocycles. The molecule has 0 atom stereocenters. The fourth-order valence-corrected chi connectivity index (χ4v) is 1.99. The molecule has 0 saturated heterocycles. The van der Waals surface area contributed by atoms with Crippen molar-refractivity contribution in [2.75, 3.05) is 0 Å². The van der Waals surface area contributed by atoms with Crippen LogP contribution in [0, 0.1) is 4.64 Å². The van der Waals surface area contributed by atoms with Crippen molar-refractivity contribution < 1.29 is 0 Å². The Balaban J connectivity index is 2.42. The van der Waals surface area contributed by atoms with E-state index in [1.165, 1.54) is 30.5 Å². The molecule has 1 heterocycles.